The third kappa shape index (κ3) is 3.04. The molecule has 0 spiro atoms. The summed E-state index contributed by atoms with van der Waals surface area (Å²) in [7, 11) is 1.67. The molecule has 1 fully saturated rings. The maximum atomic E-state index is 12.4. The first-order valence-corrected chi connectivity index (χ1v) is 6.91. The molecule has 0 aromatic heterocycles. The van der Waals surface area contributed by atoms with E-state index in [0.29, 0.717) is 19.8 Å². The quantitative estimate of drug-likeness (QED) is 0.585. The molecule has 4 nitrogen and oxygen atoms in total. The minimum absolute atomic E-state index is 0.0781. The Morgan fingerprint density at radius 1 is 1.28 bits per heavy atom. The van der Waals surface area contributed by atoms with Gasteiger partial charge in [-0.05, 0) is 25.2 Å². The van der Waals surface area contributed by atoms with Gasteiger partial charge in [0.15, 0.2) is 0 Å². The number of methoxy groups -OCH3 is 1. The molecule has 0 aliphatic heterocycles. The van der Waals surface area contributed by atoms with Crippen molar-refractivity contribution in [2.45, 2.75) is 52.0 Å². The molecule has 1 N–H and O–H groups in total. The van der Waals surface area contributed by atoms with Gasteiger partial charge in [0, 0.05) is 13.7 Å². The van der Waals surface area contributed by atoms with E-state index in [1.54, 1.807) is 7.11 Å². The van der Waals surface area contributed by atoms with E-state index in [2.05, 4.69) is 19.2 Å². The van der Waals surface area contributed by atoms with E-state index < -0.39 is 5.54 Å². The lowest BCUT2D eigenvalue weighted by atomic mass is 9.63. The van der Waals surface area contributed by atoms with Crippen molar-refractivity contribution in [2.24, 2.45) is 5.41 Å². The standard InChI is InChI=1S/C14H27NO3/c1-5-18-12(16)14(15-10-11-17-4)9-7-6-8-13(14,2)3/h15H,5-11H2,1-4H3. The summed E-state index contributed by atoms with van der Waals surface area (Å²) < 4.78 is 10.4. The molecule has 4 heteroatoms. The predicted molar refractivity (Wildman–Crippen MR) is 71.5 cm³/mol. The number of ether oxygens (including phenoxy) is 2. The Hall–Kier alpha value is -0.610. The summed E-state index contributed by atoms with van der Waals surface area (Å²) >= 11 is 0. The van der Waals surface area contributed by atoms with Crippen molar-refractivity contribution >= 4 is 5.97 Å². The van der Waals surface area contributed by atoms with Crippen molar-refractivity contribution in [1.29, 1.82) is 0 Å². The first kappa shape index (κ1) is 15.4. The summed E-state index contributed by atoms with van der Waals surface area (Å²) in [5, 5.41) is 3.41. The predicted octanol–water partition coefficient (Wildman–Crippen LogP) is 2.12. The van der Waals surface area contributed by atoms with Crippen molar-refractivity contribution in [2.75, 3.05) is 26.9 Å². The van der Waals surface area contributed by atoms with E-state index in [0.717, 1.165) is 19.3 Å². The molecule has 1 aliphatic rings. The van der Waals surface area contributed by atoms with Gasteiger partial charge in [-0.25, -0.2) is 0 Å². The zero-order valence-corrected chi connectivity index (χ0v) is 12.2. The highest BCUT2D eigenvalue weighted by atomic mass is 16.5. The maximum Gasteiger partial charge on any atom is 0.326 e. The molecule has 0 aromatic rings. The number of nitrogens with one attached hydrogen (secondary N) is 1. The van der Waals surface area contributed by atoms with Crippen molar-refractivity contribution < 1.29 is 14.3 Å². The van der Waals surface area contributed by atoms with E-state index in [1.807, 2.05) is 6.92 Å². The summed E-state index contributed by atoms with van der Waals surface area (Å²) in [6.45, 7) is 7.89. The third-order valence-corrected chi connectivity index (χ3v) is 4.12. The highest BCUT2D eigenvalue weighted by Gasteiger charge is 2.52. The van der Waals surface area contributed by atoms with Crippen molar-refractivity contribution in [3.63, 3.8) is 0 Å². The van der Waals surface area contributed by atoms with Gasteiger partial charge in [-0.3, -0.25) is 10.1 Å². The molecule has 1 unspecified atom stereocenters. The number of rotatable bonds is 6. The minimum atomic E-state index is -0.556. The Bertz CT molecular complexity index is 278. The van der Waals surface area contributed by atoms with E-state index in [4.69, 9.17) is 9.47 Å². The molecular formula is C14H27NO3. The molecule has 1 saturated carbocycles. The maximum absolute atomic E-state index is 12.4. The molecule has 0 bridgehead atoms. The van der Waals surface area contributed by atoms with E-state index in [9.17, 15) is 4.79 Å². The lowest BCUT2D eigenvalue weighted by molar-refractivity contribution is -0.160. The summed E-state index contributed by atoms with van der Waals surface area (Å²) in [5.74, 6) is -0.106. The first-order chi connectivity index (χ1) is 8.50. The summed E-state index contributed by atoms with van der Waals surface area (Å²) in [4.78, 5) is 12.4. The summed E-state index contributed by atoms with van der Waals surface area (Å²) in [6.07, 6.45) is 4.15. The van der Waals surface area contributed by atoms with Crippen LogP contribution >= 0.6 is 0 Å². The zero-order valence-electron chi connectivity index (χ0n) is 12.2. The second-order valence-electron chi connectivity index (χ2n) is 5.64. The van der Waals surface area contributed by atoms with Crippen LogP contribution in [0.2, 0.25) is 0 Å². The van der Waals surface area contributed by atoms with Crippen LogP contribution in [0.4, 0.5) is 0 Å². The second-order valence-corrected chi connectivity index (χ2v) is 5.64. The highest BCUT2D eigenvalue weighted by Crippen LogP contribution is 2.44. The van der Waals surface area contributed by atoms with Crippen LogP contribution in [-0.2, 0) is 14.3 Å². The van der Waals surface area contributed by atoms with Gasteiger partial charge in [0.2, 0.25) is 0 Å². The number of carbonyl (C=O) groups is 1. The monoisotopic (exact) mass is 257 g/mol. The minimum Gasteiger partial charge on any atom is -0.465 e. The van der Waals surface area contributed by atoms with Crippen molar-refractivity contribution in [1.82, 2.24) is 5.32 Å². The van der Waals surface area contributed by atoms with Crippen LogP contribution < -0.4 is 5.32 Å². The van der Waals surface area contributed by atoms with Crippen LogP contribution in [0.5, 0.6) is 0 Å². The smallest absolute Gasteiger partial charge is 0.326 e. The number of hydrogen-bond donors (Lipinski definition) is 1. The molecule has 0 aromatic carbocycles. The molecule has 18 heavy (non-hydrogen) atoms. The molecule has 0 heterocycles. The van der Waals surface area contributed by atoms with Crippen molar-refractivity contribution in [3.8, 4) is 0 Å². The fraction of sp³-hybridized carbons (Fsp3) is 0.929. The van der Waals surface area contributed by atoms with Gasteiger partial charge < -0.3 is 9.47 Å². The Morgan fingerprint density at radius 3 is 2.50 bits per heavy atom. The molecule has 1 rings (SSSR count). The topological polar surface area (TPSA) is 47.6 Å². The van der Waals surface area contributed by atoms with Gasteiger partial charge >= 0.3 is 5.97 Å². The van der Waals surface area contributed by atoms with Crippen molar-refractivity contribution in [3.05, 3.63) is 0 Å². The highest BCUT2D eigenvalue weighted by molar-refractivity contribution is 5.82. The van der Waals surface area contributed by atoms with Gasteiger partial charge in [0.25, 0.3) is 0 Å². The SMILES string of the molecule is CCOC(=O)C1(NCCOC)CCCCC1(C)C. The molecule has 1 atom stereocenters. The fourth-order valence-corrected chi connectivity index (χ4v) is 2.91. The lowest BCUT2D eigenvalue weighted by Crippen LogP contribution is -2.64. The van der Waals surface area contributed by atoms with Gasteiger partial charge in [0.05, 0.1) is 13.2 Å². The van der Waals surface area contributed by atoms with Gasteiger partial charge in [-0.1, -0.05) is 26.7 Å². The Morgan fingerprint density at radius 2 is 1.94 bits per heavy atom. The van der Waals surface area contributed by atoms with Crippen LogP contribution in [0.15, 0.2) is 0 Å². The molecule has 0 amide bonds. The summed E-state index contributed by atoms with van der Waals surface area (Å²) in [5.41, 5.74) is -0.634. The molecule has 0 saturated heterocycles. The fourth-order valence-electron chi connectivity index (χ4n) is 2.91. The largest absolute Gasteiger partial charge is 0.465 e. The van der Waals surface area contributed by atoms with E-state index in [1.165, 1.54) is 6.42 Å². The average Bonchev–Trinajstić information content (AvgIpc) is 2.31. The van der Waals surface area contributed by atoms with Crippen LogP contribution in [-0.4, -0.2) is 38.4 Å². The first-order valence-electron chi connectivity index (χ1n) is 6.91. The number of carbonyl (C=O) groups excluding carboxylic acids is 1. The lowest BCUT2D eigenvalue weighted by Gasteiger charge is -2.48. The molecule has 1 aliphatic carbocycles. The number of hydrogen-bond acceptors (Lipinski definition) is 4. The second kappa shape index (κ2) is 6.53. The average molecular weight is 257 g/mol. The van der Waals surface area contributed by atoms with Crippen LogP contribution in [0.1, 0.15) is 46.5 Å². The van der Waals surface area contributed by atoms with Crippen LogP contribution in [0.3, 0.4) is 0 Å². The zero-order chi connectivity index (χ0) is 13.6. The van der Waals surface area contributed by atoms with E-state index >= 15 is 0 Å². The van der Waals surface area contributed by atoms with Gasteiger partial charge in [-0.15, -0.1) is 0 Å². The molecule has 0 radical (unpaired) electrons. The Labute approximate surface area is 110 Å². The summed E-state index contributed by atoms with van der Waals surface area (Å²) in [6, 6.07) is 0. The number of esters is 1. The van der Waals surface area contributed by atoms with E-state index in [-0.39, 0.29) is 11.4 Å². The Kier molecular flexibility index (Phi) is 5.60. The third-order valence-electron chi connectivity index (χ3n) is 4.12. The van der Waals surface area contributed by atoms with Crippen LogP contribution in [0.25, 0.3) is 0 Å². The molecule has 106 valence electrons. The van der Waals surface area contributed by atoms with Crippen LogP contribution in [0, 0.1) is 5.41 Å². The van der Waals surface area contributed by atoms with Gasteiger partial charge in [-0.2, -0.15) is 0 Å². The normalized spacial score (nSPS) is 26.9. The van der Waals surface area contributed by atoms with Gasteiger partial charge in [0.1, 0.15) is 5.54 Å². The molecular weight excluding hydrogens is 230 g/mol. The Balaban J connectivity index is 2.87.